The highest BCUT2D eigenvalue weighted by Gasteiger charge is 2.19. The van der Waals surface area contributed by atoms with Gasteiger partial charge in [0.2, 0.25) is 0 Å². The average Bonchev–Trinajstić information content (AvgIpc) is 3.01. The Morgan fingerprint density at radius 1 is 1.32 bits per heavy atom. The molecule has 0 aliphatic carbocycles. The lowest BCUT2D eigenvalue weighted by Crippen LogP contribution is -2.03. The van der Waals surface area contributed by atoms with Crippen molar-refractivity contribution in [2.45, 2.75) is 19.3 Å². The Morgan fingerprint density at radius 2 is 2.12 bits per heavy atom. The number of benzene rings is 1. The maximum atomic E-state index is 13.4. The normalized spacial score (nSPS) is 11.2. The molecular weight excluding hydrogens is 334 g/mol. The number of fused-ring (bicyclic) bond motifs is 1. The van der Waals surface area contributed by atoms with Crippen LogP contribution in [0.25, 0.3) is 17.0 Å². The molecule has 130 valence electrons. The molecule has 7 nitrogen and oxygen atoms in total. The van der Waals surface area contributed by atoms with Crippen LogP contribution < -0.4 is 4.74 Å². The molecule has 2 heterocycles. The number of hydrogen-bond acceptors (Lipinski definition) is 5. The summed E-state index contributed by atoms with van der Waals surface area (Å²) in [5, 5.41) is 12.7. The van der Waals surface area contributed by atoms with Crippen molar-refractivity contribution in [2.75, 3.05) is 7.11 Å². The summed E-state index contributed by atoms with van der Waals surface area (Å²) in [6, 6.07) is 8.09. The van der Waals surface area contributed by atoms with Crippen LogP contribution in [0.2, 0.25) is 0 Å². The molecule has 9 heteroatoms. The fourth-order valence-corrected chi connectivity index (χ4v) is 2.34. The van der Waals surface area contributed by atoms with Crippen molar-refractivity contribution in [3.63, 3.8) is 0 Å². The predicted molar refractivity (Wildman–Crippen MR) is 83.7 cm³/mol. The summed E-state index contributed by atoms with van der Waals surface area (Å²) < 4.78 is 32.9. The van der Waals surface area contributed by atoms with E-state index >= 15 is 0 Å². The SMILES string of the molecule is COc1cccc(-c2cc(C(F)F)n3nc(CCC(=O)O)nc3n2)c1. The maximum absolute atomic E-state index is 13.4. The molecule has 0 fully saturated rings. The van der Waals surface area contributed by atoms with Gasteiger partial charge in [0, 0.05) is 12.0 Å². The summed E-state index contributed by atoms with van der Waals surface area (Å²) in [6.07, 6.45) is -2.94. The van der Waals surface area contributed by atoms with Gasteiger partial charge in [-0.2, -0.15) is 9.50 Å². The first kappa shape index (κ1) is 16.7. The Labute approximate surface area is 140 Å². The number of carbonyl (C=O) groups is 1. The van der Waals surface area contributed by atoms with Crippen LogP contribution in [0, 0.1) is 0 Å². The Hall–Kier alpha value is -3.10. The number of aromatic nitrogens is 4. The molecular formula is C16H14F2N4O3. The number of rotatable bonds is 6. The minimum absolute atomic E-state index is 0.00370. The Balaban J connectivity index is 2.09. The van der Waals surface area contributed by atoms with Gasteiger partial charge in [0.15, 0.2) is 5.82 Å². The van der Waals surface area contributed by atoms with Gasteiger partial charge in [-0.05, 0) is 18.2 Å². The van der Waals surface area contributed by atoms with Gasteiger partial charge in [0.05, 0.1) is 19.2 Å². The van der Waals surface area contributed by atoms with E-state index in [1.54, 1.807) is 24.3 Å². The lowest BCUT2D eigenvalue weighted by molar-refractivity contribution is -0.137. The summed E-state index contributed by atoms with van der Waals surface area (Å²) in [6.45, 7) is 0. The fraction of sp³-hybridized carbons (Fsp3) is 0.250. The highest BCUT2D eigenvalue weighted by molar-refractivity contribution is 5.67. The smallest absolute Gasteiger partial charge is 0.303 e. The van der Waals surface area contributed by atoms with E-state index < -0.39 is 12.4 Å². The largest absolute Gasteiger partial charge is 0.497 e. The number of ether oxygens (including phenoxy) is 1. The second-order valence-corrected chi connectivity index (χ2v) is 5.23. The first-order valence-electron chi connectivity index (χ1n) is 7.39. The van der Waals surface area contributed by atoms with Gasteiger partial charge in [0.1, 0.15) is 11.4 Å². The van der Waals surface area contributed by atoms with Crippen LogP contribution in [0.4, 0.5) is 8.78 Å². The number of nitrogens with zero attached hydrogens (tertiary/aromatic N) is 4. The van der Waals surface area contributed by atoms with Gasteiger partial charge in [0.25, 0.3) is 12.2 Å². The first-order valence-corrected chi connectivity index (χ1v) is 7.39. The molecule has 0 bridgehead atoms. The van der Waals surface area contributed by atoms with Crippen LogP contribution in [-0.2, 0) is 11.2 Å². The standard InChI is InChI=1S/C16H14F2N4O3/c1-25-10-4-2-3-9(7-10)11-8-12(15(17)18)22-16(19-11)20-13(21-22)5-6-14(23)24/h2-4,7-8,15H,5-6H2,1H3,(H,23,24). The van der Waals surface area contributed by atoms with Crippen molar-refractivity contribution in [1.29, 1.82) is 0 Å². The highest BCUT2D eigenvalue weighted by Crippen LogP contribution is 2.27. The third kappa shape index (κ3) is 3.54. The molecule has 0 aliphatic heterocycles. The van der Waals surface area contributed by atoms with E-state index in [2.05, 4.69) is 15.1 Å². The van der Waals surface area contributed by atoms with E-state index in [1.165, 1.54) is 13.2 Å². The minimum Gasteiger partial charge on any atom is -0.497 e. The zero-order valence-electron chi connectivity index (χ0n) is 13.2. The van der Waals surface area contributed by atoms with Crippen LogP contribution >= 0.6 is 0 Å². The topological polar surface area (TPSA) is 89.6 Å². The van der Waals surface area contributed by atoms with Crippen LogP contribution in [0.5, 0.6) is 5.75 Å². The summed E-state index contributed by atoms with van der Waals surface area (Å²) in [4.78, 5) is 19.0. The van der Waals surface area contributed by atoms with Crippen molar-refractivity contribution < 1.29 is 23.4 Å². The summed E-state index contributed by atoms with van der Waals surface area (Å²) in [7, 11) is 1.51. The van der Waals surface area contributed by atoms with Gasteiger partial charge in [-0.3, -0.25) is 4.79 Å². The molecule has 1 N–H and O–H groups in total. The molecule has 0 saturated heterocycles. The van der Waals surface area contributed by atoms with E-state index in [1.807, 2.05) is 0 Å². The Bertz CT molecular complexity index is 927. The number of methoxy groups -OCH3 is 1. The second-order valence-electron chi connectivity index (χ2n) is 5.23. The molecule has 0 saturated carbocycles. The summed E-state index contributed by atoms with van der Waals surface area (Å²) >= 11 is 0. The third-order valence-corrected chi connectivity index (χ3v) is 3.54. The lowest BCUT2D eigenvalue weighted by atomic mass is 10.1. The molecule has 0 unspecified atom stereocenters. The van der Waals surface area contributed by atoms with Gasteiger partial charge in [-0.25, -0.2) is 13.8 Å². The summed E-state index contributed by atoms with van der Waals surface area (Å²) in [5.41, 5.74) is 0.537. The maximum Gasteiger partial charge on any atom is 0.303 e. The van der Waals surface area contributed by atoms with Gasteiger partial charge in [-0.15, -0.1) is 5.10 Å². The first-order chi connectivity index (χ1) is 12.0. The molecule has 1 aromatic carbocycles. The highest BCUT2D eigenvalue weighted by atomic mass is 19.3. The van der Waals surface area contributed by atoms with E-state index in [9.17, 15) is 13.6 Å². The molecule has 3 aromatic rings. The Kier molecular flexibility index (Phi) is 4.55. The molecule has 0 atom stereocenters. The molecule has 2 aromatic heterocycles. The zero-order chi connectivity index (χ0) is 18.0. The van der Waals surface area contributed by atoms with Crippen LogP contribution in [0.1, 0.15) is 24.4 Å². The van der Waals surface area contributed by atoms with Crippen molar-refractivity contribution >= 4 is 11.7 Å². The van der Waals surface area contributed by atoms with E-state index in [0.29, 0.717) is 17.0 Å². The van der Waals surface area contributed by atoms with E-state index in [4.69, 9.17) is 9.84 Å². The average molecular weight is 348 g/mol. The zero-order valence-corrected chi connectivity index (χ0v) is 13.2. The summed E-state index contributed by atoms with van der Waals surface area (Å²) in [5.74, 6) is -0.296. The van der Waals surface area contributed by atoms with Gasteiger partial charge >= 0.3 is 5.97 Å². The minimum atomic E-state index is -2.79. The monoisotopic (exact) mass is 348 g/mol. The third-order valence-electron chi connectivity index (χ3n) is 3.54. The molecule has 0 radical (unpaired) electrons. The predicted octanol–water partition coefficient (Wildman–Crippen LogP) is 2.75. The van der Waals surface area contributed by atoms with Crippen LogP contribution in [0.15, 0.2) is 30.3 Å². The number of alkyl halides is 2. The van der Waals surface area contributed by atoms with Crippen molar-refractivity contribution in [2.24, 2.45) is 0 Å². The molecule has 3 rings (SSSR count). The van der Waals surface area contributed by atoms with Crippen molar-refractivity contribution in [1.82, 2.24) is 19.6 Å². The van der Waals surface area contributed by atoms with Crippen LogP contribution in [0.3, 0.4) is 0 Å². The van der Waals surface area contributed by atoms with Crippen LogP contribution in [-0.4, -0.2) is 37.8 Å². The fourth-order valence-electron chi connectivity index (χ4n) is 2.34. The Morgan fingerprint density at radius 3 is 2.80 bits per heavy atom. The number of carboxylic acid groups (broad SMARTS) is 1. The molecule has 25 heavy (non-hydrogen) atoms. The number of hydrogen-bond donors (Lipinski definition) is 1. The molecule has 0 spiro atoms. The quantitative estimate of drug-likeness (QED) is 0.737. The second kappa shape index (κ2) is 6.80. The molecule has 0 aliphatic rings. The van der Waals surface area contributed by atoms with Crippen molar-refractivity contribution in [3.05, 3.63) is 41.9 Å². The van der Waals surface area contributed by atoms with Gasteiger partial charge in [-0.1, -0.05) is 12.1 Å². The van der Waals surface area contributed by atoms with E-state index in [-0.39, 0.29) is 30.1 Å². The number of aryl methyl sites for hydroxylation is 1. The molecule has 0 amide bonds. The van der Waals surface area contributed by atoms with Gasteiger partial charge < -0.3 is 9.84 Å². The van der Waals surface area contributed by atoms with E-state index in [0.717, 1.165) is 4.52 Å². The number of carboxylic acids is 1. The number of halogens is 2. The lowest BCUT2D eigenvalue weighted by Gasteiger charge is -2.07. The number of aliphatic carboxylic acids is 1. The van der Waals surface area contributed by atoms with Crippen molar-refractivity contribution in [3.8, 4) is 17.0 Å².